The molecule has 0 fully saturated rings. The Morgan fingerprint density at radius 3 is 2.83 bits per heavy atom. The summed E-state index contributed by atoms with van der Waals surface area (Å²) in [6, 6.07) is 16.1. The summed E-state index contributed by atoms with van der Waals surface area (Å²) in [7, 11) is 3.95. The van der Waals surface area contributed by atoms with Crippen molar-refractivity contribution in [1.82, 2.24) is 5.06 Å². The molecule has 4 heteroatoms. The van der Waals surface area contributed by atoms with Gasteiger partial charge in [0.2, 0.25) is 5.52 Å². The van der Waals surface area contributed by atoms with E-state index in [4.69, 9.17) is 16.4 Å². The molecule has 3 aromatic rings. The molecule has 0 amide bonds. The summed E-state index contributed by atoms with van der Waals surface area (Å²) in [5, 5.41) is 3.70. The zero-order valence-corrected chi connectivity index (χ0v) is 13.7. The topological polar surface area (TPSA) is 16.4 Å². The molecule has 1 aromatic heterocycles. The third kappa shape index (κ3) is 2.34. The van der Waals surface area contributed by atoms with E-state index in [1.165, 1.54) is 0 Å². The molecule has 1 aliphatic heterocycles. The number of fused-ring (bicyclic) bond motifs is 2. The van der Waals surface area contributed by atoms with Crippen molar-refractivity contribution >= 4 is 34.3 Å². The van der Waals surface area contributed by atoms with E-state index in [1.54, 1.807) is 5.06 Å². The van der Waals surface area contributed by atoms with Crippen molar-refractivity contribution < 1.29 is 9.40 Å². The van der Waals surface area contributed by atoms with Gasteiger partial charge in [-0.15, -0.1) is 0 Å². The Bertz CT molecular complexity index is 949. The van der Waals surface area contributed by atoms with Crippen molar-refractivity contribution in [3.63, 3.8) is 0 Å². The van der Waals surface area contributed by atoms with E-state index in [-0.39, 0.29) is 0 Å². The van der Waals surface area contributed by atoms with Gasteiger partial charge in [0.15, 0.2) is 11.9 Å². The maximum absolute atomic E-state index is 6.15. The standard InChI is InChI=1S/C19H16ClN2O/c1-21-10-9-13(15-8-7-14(20)12-17(15)21)11-18-16-5-3-4-6-19(16)23-22(18)2/h3-12H,1-2H3/q+1. The van der Waals surface area contributed by atoms with Crippen molar-refractivity contribution in [3.05, 3.63) is 70.9 Å². The second kappa shape index (κ2) is 5.28. The van der Waals surface area contributed by atoms with Gasteiger partial charge in [-0.05, 0) is 35.9 Å². The fourth-order valence-corrected chi connectivity index (χ4v) is 3.14. The number of hydrogen-bond acceptors (Lipinski definition) is 2. The van der Waals surface area contributed by atoms with Gasteiger partial charge in [-0.2, -0.15) is 0 Å². The Labute approximate surface area is 139 Å². The average molecular weight is 324 g/mol. The number of nitrogens with zero attached hydrogens (tertiary/aromatic N) is 2. The minimum absolute atomic E-state index is 0.740. The summed E-state index contributed by atoms with van der Waals surface area (Å²) in [5.41, 5.74) is 4.38. The first-order valence-corrected chi connectivity index (χ1v) is 7.82. The molecule has 2 heterocycles. The highest BCUT2D eigenvalue weighted by Gasteiger charge is 2.23. The summed E-state index contributed by atoms with van der Waals surface area (Å²) < 4.78 is 2.08. The molecule has 0 bridgehead atoms. The van der Waals surface area contributed by atoms with E-state index < -0.39 is 0 Å². The molecule has 0 saturated heterocycles. The lowest BCUT2D eigenvalue weighted by Crippen LogP contribution is -2.28. The summed E-state index contributed by atoms with van der Waals surface area (Å²) in [4.78, 5) is 5.79. The molecule has 0 atom stereocenters. The first kappa shape index (κ1) is 14.1. The van der Waals surface area contributed by atoms with Crippen molar-refractivity contribution in [2.45, 2.75) is 0 Å². The van der Waals surface area contributed by atoms with Crippen LogP contribution in [0.15, 0.2) is 54.7 Å². The first-order valence-electron chi connectivity index (χ1n) is 7.44. The lowest BCUT2D eigenvalue weighted by atomic mass is 10.0. The number of halogens is 1. The van der Waals surface area contributed by atoms with Crippen LogP contribution in [0.25, 0.3) is 22.7 Å². The van der Waals surface area contributed by atoms with Gasteiger partial charge in [0.1, 0.15) is 7.05 Å². The van der Waals surface area contributed by atoms with Crippen LogP contribution in [0.5, 0.6) is 5.75 Å². The van der Waals surface area contributed by atoms with Crippen LogP contribution >= 0.6 is 11.6 Å². The highest BCUT2D eigenvalue weighted by molar-refractivity contribution is 6.31. The molecular weight excluding hydrogens is 308 g/mol. The number of aromatic nitrogens is 1. The minimum Gasteiger partial charge on any atom is -0.379 e. The predicted molar refractivity (Wildman–Crippen MR) is 92.8 cm³/mol. The lowest BCUT2D eigenvalue weighted by molar-refractivity contribution is -0.644. The van der Waals surface area contributed by atoms with E-state index in [9.17, 15) is 0 Å². The second-order valence-electron chi connectivity index (χ2n) is 5.66. The summed E-state index contributed by atoms with van der Waals surface area (Å²) in [6.07, 6.45) is 4.20. The molecule has 2 aromatic carbocycles. The third-order valence-corrected chi connectivity index (χ3v) is 4.39. The van der Waals surface area contributed by atoms with Crippen LogP contribution in [0, 0.1) is 0 Å². The van der Waals surface area contributed by atoms with Crippen LogP contribution < -0.4 is 9.40 Å². The number of pyridine rings is 1. The molecule has 3 nitrogen and oxygen atoms in total. The zero-order chi connectivity index (χ0) is 16.0. The maximum atomic E-state index is 6.15. The molecule has 114 valence electrons. The van der Waals surface area contributed by atoms with Gasteiger partial charge in [-0.25, -0.2) is 9.63 Å². The fraction of sp³-hybridized carbons (Fsp3) is 0.105. The molecule has 0 N–H and O–H groups in total. The van der Waals surface area contributed by atoms with Crippen molar-refractivity contribution in [2.75, 3.05) is 7.05 Å². The van der Waals surface area contributed by atoms with E-state index in [1.807, 2.05) is 50.6 Å². The van der Waals surface area contributed by atoms with Crippen LogP contribution in [0.1, 0.15) is 11.1 Å². The van der Waals surface area contributed by atoms with Crippen molar-refractivity contribution in [2.24, 2.45) is 7.05 Å². The number of para-hydroxylation sites is 1. The van der Waals surface area contributed by atoms with Gasteiger partial charge < -0.3 is 4.84 Å². The molecule has 0 radical (unpaired) electrons. The third-order valence-electron chi connectivity index (χ3n) is 4.16. The van der Waals surface area contributed by atoms with Gasteiger partial charge in [0, 0.05) is 29.8 Å². The average Bonchev–Trinajstić information content (AvgIpc) is 2.86. The molecule has 23 heavy (non-hydrogen) atoms. The van der Waals surface area contributed by atoms with Gasteiger partial charge >= 0.3 is 0 Å². The number of aryl methyl sites for hydroxylation is 1. The second-order valence-corrected chi connectivity index (χ2v) is 6.09. The monoisotopic (exact) mass is 323 g/mol. The maximum Gasteiger partial charge on any atom is 0.214 e. The summed E-state index contributed by atoms with van der Waals surface area (Å²) in [6.45, 7) is 0. The molecule has 0 aliphatic carbocycles. The summed E-state index contributed by atoms with van der Waals surface area (Å²) >= 11 is 6.15. The van der Waals surface area contributed by atoms with Crippen LogP contribution in [0.4, 0.5) is 0 Å². The molecule has 0 saturated carbocycles. The first-order chi connectivity index (χ1) is 11.1. The smallest absolute Gasteiger partial charge is 0.214 e. The van der Waals surface area contributed by atoms with Gasteiger partial charge in [-0.3, -0.25) is 0 Å². The lowest BCUT2D eigenvalue weighted by Gasteiger charge is -2.12. The molecule has 0 unspecified atom stereocenters. The number of benzene rings is 2. The van der Waals surface area contributed by atoms with Gasteiger partial charge in [0.05, 0.1) is 11.1 Å². The summed E-state index contributed by atoms with van der Waals surface area (Å²) in [5.74, 6) is 0.884. The van der Waals surface area contributed by atoms with E-state index in [0.717, 1.165) is 38.5 Å². The van der Waals surface area contributed by atoms with Crippen LogP contribution in [0.2, 0.25) is 5.02 Å². The van der Waals surface area contributed by atoms with Crippen LogP contribution in [-0.2, 0) is 7.05 Å². The Hall–Kier alpha value is -2.52. The Kier molecular flexibility index (Phi) is 3.24. The van der Waals surface area contributed by atoms with Crippen LogP contribution in [-0.4, -0.2) is 12.1 Å². The normalized spacial score (nSPS) is 15.1. The van der Waals surface area contributed by atoms with Gasteiger partial charge in [-0.1, -0.05) is 23.7 Å². The minimum atomic E-state index is 0.740. The molecule has 0 spiro atoms. The van der Waals surface area contributed by atoms with E-state index >= 15 is 0 Å². The van der Waals surface area contributed by atoms with Crippen LogP contribution in [0.3, 0.4) is 0 Å². The Balaban J connectivity index is 1.93. The molecule has 4 rings (SSSR count). The fourth-order valence-electron chi connectivity index (χ4n) is 2.97. The van der Waals surface area contributed by atoms with Crippen molar-refractivity contribution in [1.29, 1.82) is 0 Å². The number of hydroxylamine groups is 2. The largest absolute Gasteiger partial charge is 0.379 e. The van der Waals surface area contributed by atoms with E-state index in [0.29, 0.717) is 0 Å². The Morgan fingerprint density at radius 2 is 1.96 bits per heavy atom. The number of hydrogen-bond donors (Lipinski definition) is 0. The molecule has 1 aliphatic rings. The highest BCUT2D eigenvalue weighted by Crippen LogP contribution is 2.37. The number of rotatable bonds is 1. The SMILES string of the molecule is CN1Oc2ccccc2/C1=C/c1cc[n+](C)c2cc(Cl)ccc12. The zero-order valence-electron chi connectivity index (χ0n) is 13.0. The Morgan fingerprint density at radius 1 is 1.13 bits per heavy atom. The predicted octanol–water partition coefficient (Wildman–Crippen LogP) is 4.06. The van der Waals surface area contributed by atoms with Gasteiger partial charge in [0.25, 0.3) is 0 Å². The van der Waals surface area contributed by atoms with E-state index in [2.05, 4.69) is 28.8 Å². The highest BCUT2D eigenvalue weighted by atomic mass is 35.5. The molecular formula is C19H16ClN2O+. The quantitative estimate of drug-likeness (QED) is 0.628. The van der Waals surface area contributed by atoms with Crippen molar-refractivity contribution in [3.8, 4) is 5.75 Å².